The van der Waals surface area contributed by atoms with Crippen molar-refractivity contribution in [1.82, 2.24) is 10.6 Å². The van der Waals surface area contributed by atoms with Crippen molar-refractivity contribution in [3.8, 4) is 0 Å². The molecule has 1 aromatic carbocycles. The van der Waals surface area contributed by atoms with Crippen LogP contribution >= 0.6 is 11.3 Å². The van der Waals surface area contributed by atoms with Crippen molar-refractivity contribution >= 4 is 29.2 Å². The molecule has 0 atom stereocenters. The second-order valence-electron chi connectivity index (χ2n) is 5.50. The van der Waals surface area contributed by atoms with E-state index in [0.29, 0.717) is 18.2 Å². The fraction of sp³-hybridized carbons (Fsp3) is 0.222. The van der Waals surface area contributed by atoms with E-state index in [9.17, 15) is 9.59 Å². The Morgan fingerprint density at radius 3 is 2.61 bits per heavy atom. The van der Waals surface area contributed by atoms with E-state index in [0.717, 1.165) is 23.3 Å². The number of benzene rings is 1. The summed E-state index contributed by atoms with van der Waals surface area (Å²) in [6.45, 7) is 0.543. The number of hydrogen-bond donors (Lipinski definition) is 2. The third-order valence-corrected chi connectivity index (χ3v) is 4.41. The molecule has 0 unspecified atom stereocenters. The van der Waals surface area contributed by atoms with E-state index in [1.807, 2.05) is 29.6 Å². The maximum Gasteiger partial charge on any atom is 0.251 e. The Morgan fingerprint density at radius 2 is 1.96 bits per heavy atom. The smallest absolute Gasteiger partial charge is 0.251 e. The Morgan fingerprint density at radius 1 is 1.17 bits per heavy atom. The first-order valence-corrected chi connectivity index (χ1v) is 8.48. The Balaban J connectivity index is 1.50. The van der Waals surface area contributed by atoms with E-state index in [2.05, 4.69) is 10.6 Å². The van der Waals surface area contributed by atoms with Crippen molar-refractivity contribution in [3.63, 3.8) is 0 Å². The lowest BCUT2D eigenvalue weighted by Gasteiger charge is -2.03. The Hall–Kier alpha value is -2.40. The molecule has 0 aliphatic heterocycles. The van der Waals surface area contributed by atoms with Gasteiger partial charge in [0.2, 0.25) is 5.91 Å². The number of thiophene rings is 1. The van der Waals surface area contributed by atoms with Crippen LogP contribution in [0.4, 0.5) is 0 Å². The van der Waals surface area contributed by atoms with E-state index < -0.39 is 0 Å². The van der Waals surface area contributed by atoms with Crippen LogP contribution in [-0.2, 0) is 11.3 Å². The second-order valence-corrected chi connectivity index (χ2v) is 6.53. The van der Waals surface area contributed by atoms with Crippen LogP contribution in [0.1, 0.15) is 33.6 Å². The molecule has 1 aliphatic rings. The highest BCUT2D eigenvalue weighted by molar-refractivity contribution is 7.09. The van der Waals surface area contributed by atoms with Crippen LogP contribution < -0.4 is 10.6 Å². The third-order valence-electron chi connectivity index (χ3n) is 3.53. The lowest BCUT2D eigenvalue weighted by Crippen LogP contribution is -2.25. The molecule has 1 saturated carbocycles. The molecule has 0 saturated heterocycles. The predicted octanol–water partition coefficient (Wildman–Crippen LogP) is 2.97. The number of carbonyl (C=O) groups excluding carboxylic acids is 2. The number of carbonyl (C=O) groups is 2. The van der Waals surface area contributed by atoms with E-state index in [1.165, 1.54) is 6.08 Å². The van der Waals surface area contributed by atoms with Gasteiger partial charge in [0.15, 0.2) is 0 Å². The highest BCUT2D eigenvalue weighted by Gasteiger charge is 2.23. The molecule has 4 nitrogen and oxygen atoms in total. The van der Waals surface area contributed by atoms with E-state index in [1.54, 1.807) is 29.5 Å². The van der Waals surface area contributed by atoms with Crippen LogP contribution in [0.25, 0.3) is 6.08 Å². The minimum absolute atomic E-state index is 0.0308. The van der Waals surface area contributed by atoms with E-state index in [-0.39, 0.29) is 11.8 Å². The first-order chi connectivity index (χ1) is 11.2. The second kappa shape index (κ2) is 7.24. The molecule has 1 fully saturated rings. The molecule has 0 spiro atoms. The molecule has 1 heterocycles. The van der Waals surface area contributed by atoms with Crippen LogP contribution in [0.15, 0.2) is 47.9 Å². The summed E-state index contributed by atoms with van der Waals surface area (Å²) in [6, 6.07) is 11.5. The zero-order valence-corrected chi connectivity index (χ0v) is 13.4. The van der Waals surface area contributed by atoms with E-state index in [4.69, 9.17) is 0 Å². The fourth-order valence-corrected chi connectivity index (χ4v) is 2.70. The number of nitrogens with one attached hydrogen (secondary N) is 2. The van der Waals surface area contributed by atoms with Gasteiger partial charge in [-0.1, -0.05) is 18.2 Å². The third kappa shape index (κ3) is 4.79. The van der Waals surface area contributed by atoms with Crippen LogP contribution in [-0.4, -0.2) is 17.9 Å². The quantitative estimate of drug-likeness (QED) is 0.802. The summed E-state index contributed by atoms with van der Waals surface area (Å²) in [5, 5.41) is 7.77. The molecule has 0 bridgehead atoms. The summed E-state index contributed by atoms with van der Waals surface area (Å²) in [5.74, 6) is -0.161. The van der Waals surface area contributed by atoms with Crippen molar-refractivity contribution in [2.24, 2.45) is 0 Å². The van der Waals surface area contributed by atoms with Crippen molar-refractivity contribution in [1.29, 1.82) is 0 Å². The molecule has 2 aromatic rings. The average molecular weight is 326 g/mol. The van der Waals surface area contributed by atoms with Gasteiger partial charge in [-0.25, -0.2) is 0 Å². The first kappa shape index (κ1) is 15.5. The monoisotopic (exact) mass is 326 g/mol. The maximum atomic E-state index is 11.9. The van der Waals surface area contributed by atoms with Crippen molar-refractivity contribution in [2.75, 3.05) is 0 Å². The molecule has 118 valence electrons. The topological polar surface area (TPSA) is 58.2 Å². The number of hydrogen-bond acceptors (Lipinski definition) is 3. The lowest BCUT2D eigenvalue weighted by molar-refractivity contribution is -0.116. The number of amides is 2. The van der Waals surface area contributed by atoms with Crippen molar-refractivity contribution < 1.29 is 9.59 Å². The molecule has 3 rings (SSSR count). The predicted molar refractivity (Wildman–Crippen MR) is 92.1 cm³/mol. The van der Waals surface area contributed by atoms with Gasteiger partial charge in [0.1, 0.15) is 0 Å². The molecular formula is C18H18N2O2S. The van der Waals surface area contributed by atoms with Gasteiger partial charge < -0.3 is 10.6 Å². The molecule has 23 heavy (non-hydrogen) atoms. The molecule has 5 heteroatoms. The summed E-state index contributed by atoms with van der Waals surface area (Å²) in [7, 11) is 0. The van der Waals surface area contributed by atoms with Crippen LogP contribution in [0, 0.1) is 0 Å². The maximum absolute atomic E-state index is 11.9. The lowest BCUT2D eigenvalue weighted by atomic mass is 10.1. The Labute approximate surface area is 139 Å². The summed E-state index contributed by atoms with van der Waals surface area (Å²) in [5.41, 5.74) is 1.54. The van der Waals surface area contributed by atoms with Gasteiger partial charge in [0, 0.05) is 22.6 Å². The minimum atomic E-state index is -0.131. The molecular weight excluding hydrogens is 308 g/mol. The Bertz CT molecular complexity index is 701. The number of rotatable bonds is 6. The minimum Gasteiger partial charge on any atom is -0.349 e. The van der Waals surface area contributed by atoms with Gasteiger partial charge in [-0.15, -0.1) is 11.3 Å². The standard InChI is InChI=1S/C18H18N2O2S/c21-17(19-12-16-2-1-11-23-16)10-5-13-3-6-14(7-4-13)18(22)20-15-8-9-15/h1-7,10-11,15H,8-9,12H2,(H,19,21)(H,20,22)/b10-5+. The first-order valence-electron chi connectivity index (χ1n) is 7.60. The van der Waals surface area contributed by atoms with Gasteiger partial charge in [-0.2, -0.15) is 0 Å². The Kier molecular flexibility index (Phi) is 4.88. The normalized spacial score (nSPS) is 13.9. The summed E-state index contributed by atoms with van der Waals surface area (Å²) < 4.78 is 0. The van der Waals surface area contributed by atoms with Gasteiger partial charge in [0.05, 0.1) is 6.54 Å². The van der Waals surface area contributed by atoms with Crippen molar-refractivity contribution in [3.05, 3.63) is 63.9 Å². The molecule has 1 aromatic heterocycles. The molecule has 0 radical (unpaired) electrons. The van der Waals surface area contributed by atoms with Gasteiger partial charge in [-0.05, 0) is 48.1 Å². The zero-order valence-electron chi connectivity index (χ0n) is 12.6. The molecule has 2 amide bonds. The highest BCUT2D eigenvalue weighted by atomic mass is 32.1. The average Bonchev–Trinajstić information content (AvgIpc) is 3.22. The molecule has 1 aliphatic carbocycles. The van der Waals surface area contributed by atoms with Crippen LogP contribution in [0.5, 0.6) is 0 Å². The SMILES string of the molecule is O=C(/C=C/c1ccc(C(=O)NC2CC2)cc1)NCc1cccs1. The van der Waals surface area contributed by atoms with Crippen LogP contribution in [0.2, 0.25) is 0 Å². The van der Waals surface area contributed by atoms with E-state index >= 15 is 0 Å². The highest BCUT2D eigenvalue weighted by Crippen LogP contribution is 2.19. The largest absolute Gasteiger partial charge is 0.349 e. The summed E-state index contributed by atoms with van der Waals surface area (Å²) in [6.07, 6.45) is 5.40. The molecule has 2 N–H and O–H groups in total. The zero-order chi connectivity index (χ0) is 16.1. The van der Waals surface area contributed by atoms with Gasteiger partial charge >= 0.3 is 0 Å². The van der Waals surface area contributed by atoms with Crippen LogP contribution in [0.3, 0.4) is 0 Å². The summed E-state index contributed by atoms with van der Waals surface area (Å²) >= 11 is 1.62. The van der Waals surface area contributed by atoms with Crippen molar-refractivity contribution in [2.45, 2.75) is 25.4 Å². The fourth-order valence-electron chi connectivity index (χ4n) is 2.06. The summed E-state index contributed by atoms with van der Waals surface area (Å²) in [4.78, 5) is 24.8. The van der Waals surface area contributed by atoms with Gasteiger partial charge in [0.25, 0.3) is 5.91 Å². The van der Waals surface area contributed by atoms with Gasteiger partial charge in [-0.3, -0.25) is 9.59 Å².